The Balaban J connectivity index is 1.75. The monoisotopic (exact) mass is 334 g/mol. The minimum absolute atomic E-state index is 0.0192. The predicted octanol–water partition coefficient (Wildman–Crippen LogP) is 2.09. The first-order chi connectivity index (χ1) is 11.0. The molecule has 1 aliphatic carbocycles. The first-order valence-corrected chi connectivity index (χ1v) is 8.67. The fourth-order valence-electron chi connectivity index (χ4n) is 3.09. The van der Waals surface area contributed by atoms with Gasteiger partial charge in [-0.1, -0.05) is 6.42 Å². The molecule has 7 heteroatoms. The molecule has 0 aliphatic heterocycles. The van der Waals surface area contributed by atoms with Crippen molar-refractivity contribution in [2.24, 2.45) is 13.0 Å². The van der Waals surface area contributed by atoms with Gasteiger partial charge in [0.25, 0.3) is 5.91 Å². The fraction of sp³-hybridized carbons (Fsp3) is 0.562. The van der Waals surface area contributed by atoms with E-state index in [0.717, 1.165) is 35.5 Å². The van der Waals surface area contributed by atoms with Gasteiger partial charge in [0.2, 0.25) is 0 Å². The lowest BCUT2D eigenvalue weighted by Crippen LogP contribution is -2.34. The number of hydrogen-bond acceptors (Lipinski definition) is 5. The number of carbonyl (C=O) groups excluding carboxylic acids is 1. The van der Waals surface area contributed by atoms with Gasteiger partial charge in [-0.15, -0.1) is 11.3 Å². The molecule has 1 N–H and O–H groups in total. The molecule has 1 aliphatic rings. The number of aliphatic hydroxyl groups is 1. The number of thiazole rings is 1. The first kappa shape index (κ1) is 16.1. The molecule has 1 fully saturated rings. The summed E-state index contributed by atoms with van der Waals surface area (Å²) < 4.78 is 1.72. The minimum Gasteiger partial charge on any atom is -0.393 e. The smallest absolute Gasteiger partial charge is 0.265 e. The van der Waals surface area contributed by atoms with Gasteiger partial charge < -0.3 is 10.0 Å². The number of aromatic nitrogens is 3. The van der Waals surface area contributed by atoms with Crippen LogP contribution in [0.3, 0.4) is 0 Å². The van der Waals surface area contributed by atoms with E-state index in [9.17, 15) is 9.90 Å². The average Bonchev–Trinajstić information content (AvgIpc) is 3.20. The molecule has 2 aromatic rings. The summed E-state index contributed by atoms with van der Waals surface area (Å²) in [5.74, 6) is 0.171. The van der Waals surface area contributed by atoms with Gasteiger partial charge in [0.05, 0.1) is 18.0 Å². The number of rotatable bonds is 4. The Kier molecular flexibility index (Phi) is 4.50. The summed E-state index contributed by atoms with van der Waals surface area (Å²) in [6.07, 6.45) is 6.24. The molecule has 6 nitrogen and oxygen atoms in total. The first-order valence-electron chi connectivity index (χ1n) is 7.85. The van der Waals surface area contributed by atoms with Gasteiger partial charge in [0.15, 0.2) is 0 Å². The van der Waals surface area contributed by atoms with Crippen molar-refractivity contribution < 1.29 is 9.90 Å². The Labute approximate surface area is 139 Å². The number of amides is 1. The third kappa shape index (κ3) is 3.30. The molecule has 23 heavy (non-hydrogen) atoms. The Hall–Kier alpha value is -1.73. The Morgan fingerprint density at radius 3 is 2.91 bits per heavy atom. The second kappa shape index (κ2) is 6.41. The van der Waals surface area contributed by atoms with Crippen molar-refractivity contribution >= 4 is 17.2 Å². The molecule has 1 saturated carbocycles. The van der Waals surface area contributed by atoms with Gasteiger partial charge in [-0.25, -0.2) is 4.98 Å². The van der Waals surface area contributed by atoms with Crippen molar-refractivity contribution in [2.75, 3.05) is 13.6 Å². The van der Waals surface area contributed by atoms with Crippen molar-refractivity contribution in [1.82, 2.24) is 19.7 Å². The third-order valence-electron chi connectivity index (χ3n) is 4.42. The van der Waals surface area contributed by atoms with Gasteiger partial charge in [-0.2, -0.15) is 5.10 Å². The van der Waals surface area contributed by atoms with Gasteiger partial charge in [0, 0.05) is 38.3 Å². The molecule has 3 rings (SSSR count). The average molecular weight is 334 g/mol. The maximum atomic E-state index is 12.7. The SMILES string of the molecule is Cc1nc(-c2cnn(C)c2)sc1C(=O)N(C)CC1CCCC1O. The summed E-state index contributed by atoms with van der Waals surface area (Å²) in [4.78, 5) is 19.6. The molecule has 2 atom stereocenters. The quantitative estimate of drug-likeness (QED) is 0.929. The fourth-order valence-corrected chi connectivity index (χ4v) is 4.12. The highest BCUT2D eigenvalue weighted by Gasteiger charge is 2.29. The van der Waals surface area contributed by atoms with Crippen LogP contribution in [0, 0.1) is 12.8 Å². The molecule has 2 unspecified atom stereocenters. The Bertz CT molecular complexity index is 709. The molecule has 2 heterocycles. The number of hydrogen-bond donors (Lipinski definition) is 1. The zero-order chi connectivity index (χ0) is 16.6. The zero-order valence-corrected chi connectivity index (χ0v) is 14.5. The van der Waals surface area contributed by atoms with E-state index in [4.69, 9.17) is 0 Å². The maximum Gasteiger partial charge on any atom is 0.265 e. The molecule has 0 bridgehead atoms. The second-order valence-electron chi connectivity index (χ2n) is 6.28. The van der Waals surface area contributed by atoms with Gasteiger partial charge >= 0.3 is 0 Å². The number of aliphatic hydroxyl groups excluding tert-OH is 1. The minimum atomic E-state index is -0.279. The molecule has 0 spiro atoms. The van der Waals surface area contributed by atoms with Crippen molar-refractivity contribution in [3.63, 3.8) is 0 Å². The van der Waals surface area contributed by atoms with Crippen LogP contribution in [0.2, 0.25) is 0 Å². The molecule has 0 saturated heterocycles. The van der Waals surface area contributed by atoms with Gasteiger partial charge in [-0.05, 0) is 19.8 Å². The summed E-state index contributed by atoms with van der Waals surface area (Å²) in [7, 11) is 3.66. The van der Waals surface area contributed by atoms with Crippen LogP contribution in [0.1, 0.15) is 34.6 Å². The summed E-state index contributed by atoms with van der Waals surface area (Å²) >= 11 is 1.40. The van der Waals surface area contributed by atoms with Gasteiger partial charge in [0.1, 0.15) is 9.88 Å². The Morgan fingerprint density at radius 1 is 1.52 bits per heavy atom. The van der Waals surface area contributed by atoms with E-state index in [1.165, 1.54) is 11.3 Å². The van der Waals surface area contributed by atoms with Crippen molar-refractivity contribution in [1.29, 1.82) is 0 Å². The number of aryl methyl sites for hydroxylation is 2. The highest BCUT2D eigenvalue weighted by molar-refractivity contribution is 7.17. The normalized spacial score (nSPS) is 20.9. The van der Waals surface area contributed by atoms with Crippen molar-refractivity contribution in [3.05, 3.63) is 23.0 Å². The summed E-state index contributed by atoms with van der Waals surface area (Å²) in [6, 6.07) is 0. The van der Waals surface area contributed by atoms with E-state index in [-0.39, 0.29) is 17.9 Å². The summed E-state index contributed by atoms with van der Waals surface area (Å²) in [5.41, 5.74) is 1.67. The van der Waals surface area contributed by atoms with Crippen LogP contribution in [-0.4, -0.2) is 50.4 Å². The van der Waals surface area contributed by atoms with E-state index in [2.05, 4.69) is 10.1 Å². The van der Waals surface area contributed by atoms with Gasteiger partial charge in [-0.3, -0.25) is 9.48 Å². The third-order valence-corrected chi connectivity index (χ3v) is 5.61. The lowest BCUT2D eigenvalue weighted by Gasteiger charge is -2.22. The summed E-state index contributed by atoms with van der Waals surface area (Å²) in [5, 5.41) is 14.9. The Morgan fingerprint density at radius 2 is 2.30 bits per heavy atom. The maximum absolute atomic E-state index is 12.7. The molecule has 124 valence electrons. The lowest BCUT2D eigenvalue weighted by molar-refractivity contribution is 0.0697. The topological polar surface area (TPSA) is 71.2 Å². The van der Waals surface area contributed by atoms with Crippen molar-refractivity contribution in [3.8, 4) is 10.6 Å². The van der Waals surface area contributed by atoms with E-state index < -0.39 is 0 Å². The highest BCUT2D eigenvalue weighted by Crippen LogP contribution is 2.30. The largest absolute Gasteiger partial charge is 0.393 e. The van der Waals surface area contributed by atoms with Crippen molar-refractivity contribution in [2.45, 2.75) is 32.3 Å². The van der Waals surface area contributed by atoms with E-state index >= 15 is 0 Å². The zero-order valence-electron chi connectivity index (χ0n) is 13.7. The van der Waals surface area contributed by atoms with E-state index in [1.54, 1.807) is 22.8 Å². The molecule has 0 radical (unpaired) electrons. The van der Waals surface area contributed by atoms with Crippen LogP contribution in [0.15, 0.2) is 12.4 Å². The number of nitrogens with zero attached hydrogens (tertiary/aromatic N) is 4. The van der Waals surface area contributed by atoms with Crippen LogP contribution < -0.4 is 0 Å². The molecule has 1 amide bonds. The van der Waals surface area contributed by atoms with Crippen LogP contribution in [0.25, 0.3) is 10.6 Å². The van der Waals surface area contributed by atoms with E-state index in [0.29, 0.717) is 11.4 Å². The standard InChI is InChI=1S/C16H22N4O2S/c1-10-14(23-15(18-10)12-7-17-20(3)9-12)16(22)19(2)8-11-5-4-6-13(11)21/h7,9,11,13,21H,4-6,8H2,1-3H3. The molecule has 2 aromatic heterocycles. The van der Waals surface area contributed by atoms with Crippen LogP contribution in [-0.2, 0) is 7.05 Å². The molecule has 0 aromatic carbocycles. The molecular weight excluding hydrogens is 312 g/mol. The summed E-state index contributed by atoms with van der Waals surface area (Å²) in [6.45, 7) is 2.46. The lowest BCUT2D eigenvalue weighted by atomic mass is 10.1. The highest BCUT2D eigenvalue weighted by atomic mass is 32.1. The van der Waals surface area contributed by atoms with E-state index in [1.807, 2.05) is 20.2 Å². The van der Waals surface area contributed by atoms with Crippen LogP contribution in [0.5, 0.6) is 0 Å². The second-order valence-corrected chi connectivity index (χ2v) is 7.28. The number of carbonyl (C=O) groups is 1. The predicted molar refractivity (Wildman–Crippen MR) is 89.4 cm³/mol. The molecular formula is C16H22N4O2S. The van der Waals surface area contributed by atoms with Crippen LogP contribution in [0.4, 0.5) is 0 Å². The van der Waals surface area contributed by atoms with Crippen LogP contribution >= 0.6 is 11.3 Å².